The van der Waals surface area contributed by atoms with E-state index in [-0.39, 0.29) is 12.5 Å². The van der Waals surface area contributed by atoms with Gasteiger partial charge in [0.2, 0.25) is 0 Å². The first-order valence-electron chi connectivity index (χ1n) is 5.89. The second kappa shape index (κ2) is 9.02. The molecule has 0 spiro atoms. The number of ether oxygens (including phenoxy) is 2. The fourth-order valence-electron chi connectivity index (χ4n) is 1.27. The first kappa shape index (κ1) is 16.1. The van der Waals surface area contributed by atoms with Crippen LogP contribution in [0.2, 0.25) is 5.02 Å². The van der Waals surface area contributed by atoms with Gasteiger partial charge in [-0.2, -0.15) is 0 Å². The van der Waals surface area contributed by atoms with Gasteiger partial charge in [0.1, 0.15) is 5.75 Å². The lowest BCUT2D eigenvalue weighted by Crippen LogP contribution is -2.34. The van der Waals surface area contributed by atoms with E-state index in [1.165, 1.54) is 0 Å². The van der Waals surface area contributed by atoms with Crippen molar-refractivity contribution in [2.75, 3.05) is 39.3 Å². The van der Waals surface area contributed by atoms with Crippen LogP contribution in [-0.2, 0) is 9.53 Å². The van der Waals surface area contributed by atoms with Crippen molar-refractivity contribution >= 4 is 29.1 Å². The van der Waals surface area contributed by atoms with Gasteiger partial charge in [0.15, 0.2) is 6.61 Å². The zero-order chi connectivity index (χ0) is 14.1. The van der Waals surface area contributed by atoms with Gasteiger partial charge in [0.25, 0.3) is 5.91 Å². The number of rotatable bonds is 8. The fraction of sp³-hybridized carbons (Fsp3) is 0.462. The van der Waals surface area contributed by atoms with Crippen molar-refractivity contribution in [3.05, 3.63) is 29.3 Å². The molecule has 19 heavy (non-hydrogen) atoms. The van der Waals surface area contributed by atoms with Gasteiger partial charge in [-0.1, -0.05) is 11.6 Å². The molecule has 0 N–H and O–H groups in total. The summed E-state index contributed by atoms with van der Waals surface area (Å²) in [5, 5.41) is 0.632. The van der Waals surface area contributed by atoms with E-state index in [9.17, 15) is 4.79 Å². The summed E-state index contributed by atoms with van der Waals surface area (Å²) in [5.41, 5.74) is 0. The molecular formula is C13H17Cl2NO3. The number of benzene rings is 1. The van der Waals surface area contributed by atoms with Crippen LogP contribution < -0.4 is 4.74 Å². The van der Waals surface area contributed by atoms with Crippen LogP contribution in [0, 0.1) is 0 Å². The molecule has 0 aliphatic carbocycles. The largest absolute Gasteiger partial charge is 0.484 e. The highest BCUT2D eigenvalue weighted by Gasteiger charge is 2.09. The lowest BCUT2D eigenvalue weighted by atomic mass is 10.3. The van der Waals surface area contributed by atoms with Gasteiger partial charge in [-0.3, -0.25) is 4.79 Å². The molecule has 1 rings (SSSR count). The molecule has 0 heterocycles. The first-order valence-corrected chi connectivity index (χ1v) is 6.80. The SMILES string of the molecule is CN(CCOCCCl)C(=O)COc1ccc(Cl)cc1. The Morgan fingerprint density at radius 3 is 2.58 bits per heavy atom. The first-order chi connectivity index (χ1) is 9.13. The number of halogens is 2. The van der Waals surface area contributed by atoms with Crippen LogP contribution in [0.1, 0.15) is 0 Å². The van der Waals surface area contributed by atoms with E-state index in [2.05, 4.69) is 0 Å². The molecule has 0 aromatic heterocycles. The van der Waals surface area contributed by atoms with E-state index in [0.29, 0.717) is 36.4 Å². The topological polar surface area (TPSA) is 38.8 Å². The van der Waals surface area contributed by atoms with Gasteiger partial charge < -0.3 is 14.4 Å². The van der Waals surface area contributed by atoms with Crippen LogP contribution in [0.3, 0.4) is 0 Å². The lowest BCUT2D eigenvalue weighted by molar-refractivity contribution is -0.132. The molecule has 0 atom stereocenters. The maximum atomic E-state index is 11.7. The predicted molar refractivity (Wildman–Crippen MR) is 76.1 cm³/mol. The van der Waals surface area contributed by atoms with Crippen molar-refractivity contribution < 1.29 is 14.3 Å². The molecular weight excluding hydrogens is 289 g/mol. The van der Waals surface area contributed by atoms with Crippen LogP contribution in [-0.4, -0.2) is 50.1 Å². The molecule has 106 valence electrons. The molecule has 0 bridgehead atoms. The van der Waals surface area contributed by atoms with Crippen molar-refractivity contribution in [2.45, 2.75) is 0 Å². The Balaban J connectivity index is 2.24. The average Bonchev–Trinajstić information content (AvgIpc) is 2.42. The molecule has 0 fully saturated rings. The Kier molecular flexibility index (Phi) is 7.63. The summed E-state index contributed by atoms with van der Waals surface area (Å²) in [4.78, 5) is 13.3. The normalized spacial score (nSPS) is 10.3. The highest BCUT2D eigenvalue weighted by atomic mass is 35.5. The van der Waals surface area contributed by atoms with E-state index in [4.69, 9.17) is 32.7 Å². The summed E-state index contributed by atoms with van der Waals surface area (Å²) in [6, 6.07) is 6.87. The summed E-state index contributed by atoms with van der Waals surface area (Å²) in [7, 11) is 1.71. The van der Waals surface area contributed by atoms with Crippen molar-refractivity contribution in [1.82, 2.24) is 4.90 Å². The third kappa shape index (κ3) is 6.66. The molecule has 6 heteroatoms. The molecule has 1 aromatic rings. The van der Waals surface area contributed by atoms with Gasteiger partial charge in [-0.15, -0.1) is 11.6 Å². The maximum Gasteiger partial charge on any atom is 0.260 e. The van der Waals surface area contributed by atoms with Crippen molar-refractivity contribution in [3.8, 4) is 5.75 Å². The molecule has 0 radical (unpaired) electrons. The van der Waals surface area contributed by atoms with Crippen LogP contribution in [0.4, 0.5) is 0 Å². The van der Waals surface area contributed by atoms with Crippen LogP contribution >= 0.6 is 23.2 Å². The van der Waals surface area contributed by atoms with Crippen molar-refractivity contribution in [2.24, 2.45) is 0 Å². The minimum absolute atomic E-state index is 0.00631. The Morgan fingerprint density at radius 2 is 1.95 bits per heavy atom. The van der Waals surface area contributed by atoms with E-state index in [1.807, 2.05) is 0 Å². The second-order valence-electron chi connectivity index (χ2n) is 3.86. The number of nitrogens with zero attached hydrogens (tertiary/aromatic N) is 1. The van der Waals surface area contributed by atoms with E-state index < -0.39 is 0 Å². The van der Waals surface area contributed by atoms with Gasteiger partial charge in [-0.25, -0.2) is 0 Å². The van der Waals surface area contributed by atoms with Gasteiger partial charge in [0, 0.05) is 24.5 Å². The van der Waals surface area contributed by atoms with E-state index in [0.717, 1.165) is 0 Å². The second-order valence-corrected chi connectivity index (χ2v) is 4.67. The number of hydrogen-bond donors (Lipinski definition) is 0. The Bertz CT molecular complexity index is 384. The summed E-state index contributed by atoms with van der Waals surface area (Å²) >= 11 is 11.2. The van der Waals surface area contributed by atoms with E-state index in [1.54, 1.807) is 36.2 Å². The highest BCUT2D eigenvalue weighted by Crippen LogP contribution is 2.15. The van der Waals surface area contributed by atoms with Gasteiger partial charge >= 0.3 is 0 Å². The Labute approximate surface area is 123 Å². The quantitative estimate of drug-likeness (QED) is 0.547. The Hall–Kier alpha value is -0.970. The number of hydrogen-bond acceptors (Lipinski definition) is 3. The number of carbonyl (C=O) groups excluding carboxylic acids is 1. The number of carbonyl (C=O) groups is 1. The minimum atomic E-state index is -0.107. The molecule has 0 unspecified atom stereocenters. The number of likely N-dealkylation sites (N-methyl/N-ethyl adjacent to an activating group) is 1. The molecule has 0 saturated heterocycles. The summed E-state index contributed by atoms with van der Waals surface area (Å²) < 4.78 is 10.6. The van der Waals surface area contributed by atoms with Crippen LogP contribution in [0.5, 0.6) is 5.75 Å². The summed E-state index contributed by atoms with van der Waals surface area (Å²) in [6.07, 6.45) is 0. The van der Waals surface area contributed by atoms with Gasteiger partial charge in [0.05, 0.1) is 13.2 Å². The Morgan fingerprint density at radius 1 is 1.26 bits per heavy atom. The molecule has 0 aliphatic heterocycles. The molecule has 0 aliphatic rings. The average molecular weight is 306 g/mol. The highest BCUT2D eigenvalue weighted by molar-refractivity contribution is 6.30. The smallest absolute Gasteiger partial charge is 0.260 e. The molecule has 1 amide bonds. The van der Waals surface area contributed by atoms with Crippen molar-refractivity contribution in [1.29, 1.82) is 0 Å². The zero-order valence-electron chi connectivity index (χ0n) is 10.8. The summed E-state index contributed by atoms with van der Waals surface area (Å²) in [6.45, 7) is 1.47. The lowest BCUT2D eigenvalue weighted by Gasteiger charge is -2.17. The van der Waals surface area contributed by atoms with E-state index >= 15 is 0 Å². The molecule has 1 aromatic carbocycles. The predicted octanol–water partition coefficient (Wildman–Crippen LogP) is 2.43. The minimum Gasteiger partial charge on any atom is -0.484 e. The van der Waals surface area contributed by atoms with Crippen LogP contribution in [0.25, 0.3) is 0 Å². The summed E-state index contributed by atoms with van der Waals surface area (Å²) in [5.74, 6) is 0.964. The fourth-order valence-corrected chi connectivity index (χ4v) is 1.50. The maximum absolute atomic E-state index is 11.7. The van der Waals surface area contributed by atoms with Crippen molar-refractivity contribution in [3.63, 3.8) is 0 Å². The third-order valence-corrected chi connectivity index (χ3v) is 2.80. The van der Waals surface area contributed by atoms with Gasteiger partial charge in [-0.05, 0) is 24.3 Å². The number of amides is 1. The molecule has 4 nitrogen and oxygen atoms in total. The molecule has 0 saturated carbocycles. The monoisotopic (exact) mass is 305 g/mol. The zero-order valence-corrected chi connectivity index (χ0v) is 12.3. The third-order valence-electron chi connectivity index (χ3n) is 2.39. The van der Waals surface area contributed by atoms with Crippen LogP contribution in [0.15, 0.2) is 24.3 Å². The number of alkyl halides is 1. The standard InChI is InChI=1S/C13H17Cl2NO3/c1-16(7-9-18-8-6-14)13(17)10-19-12-4-2-11(15)3-5-12/h2-5H,6-10H2,1H3.